The normalized spacial score (nSPS) is 11.1. The number of thioether (sulfide) groups is 1. The van der Waals surface area contributed by atoms with Crippen molar-refractivity contribution in [1.82, 2.24) is 35.2 Å². The number of tetrazole rings is 1. The number of furan rings is 1. The number of aromatic nitrogens is 7. The van der Waals surface area contributed by atoms with E-state index >= 15 is 0 Å². The van der Waals surface area contributed by atoms with E-state index in [1.807, 2.05) is 0 Å². The Labute approximate surface area is 123 Å². The fourth-order valence-corrected chi connectivity index (χ4v) is 2.47. The Balaban J connectivity index is 1.59. The highest BCUT2D eigenvalue weighted by molar-refractivity contribution is 7.99. The number of aryl methyl sites for hydroxylation is 2. The molecule has 0 saturated heterocycles. The van der Waals surface area contributed by atoms with E-state index in [9.17, 15) is 0 Å². The first-order chi connectivity index (χ1) is 10.3. The van der Waals surface area contributed by atoms with E-state index < -0.39 is 0 Å². The number of nitrogens with zero attached hydrogens (tertiary/aromatic N) is 7. The molecule has 3 rings (SSSR count). The Morgan fingerprint density at radius 2 is 2.19 bits per heavy atom. The average molecular weight is 307 g/mol. The third-order valence-corrected chi connectivity index (χ3v) is 3.73. The van der Waals surface area contributed by atoms with Gasteiger partial charge >= 0.3 is 0 Å². The number of rotatable bonds is 6. The zero-order chi connectivity index (χ0) is 14.7. The maximum atomic E-state index is 8.98. The molecule has 0 saturated carbocycles. The van der Waals surface area contributed by atoms with Crippen molar-refractivity contribution in [3.63, 3.8) is 0 Å². The molecule has 3 aromatic rings. The van der Waals surface area contributed by atoms with Crippen LogP contribution in [0.4, 0.5) is 0 Å². The van der Waals surface area contributed by atoms with Crippen LogP contribution in [0.15, 0.2) is 27.9 Å². The van der Waals surface area contributed by atoms with Crippen molar-refractivity contribution >= 4 is 11.8 Å². The fraction of sp³-hybridized carbons (Fsp3) is 0.364. The molecule has 110 valence electrons. The standard InChI is InChI=1S/C11H13N7O2S/c1-17-11(13-14-16-17)21-5-4-18-6-9(12-15-18)10-3-2-8(7-19)20-10/h2-3,6,19H,4-5,7H2,1H3. The highest BCUT2D eigenvalue weighted by Gasteiger charge is 2.09. The molecule has 0 aliphatic heterocycles. The van der Waals surface area contributed by atoms with E-state index in [1.54, 1.807) is 46.5 Å². The minimum absolute atomic E-state index is 0.128. The molecule has 1 N–H and O–H groups in total. The van der Waals surface area contributed by atoms with Crippen molar-refractivity contribution in [3.05, 3.63) is 24.1 Å². The monoisotopic (exact) mass is 307 g/mol. The van der Waals surface area contributed by atoms with Gasteiger partial charge in [-0.3, -0.25) is 4.68 Å². The SMILES string of the molecule is Cn1nnnc1SCCn1cc(-c2ccc(CO)o2)nn1. The van der Waals surface area contributed by atoms with Crippen molar-refractivity contribution in [1.29, 1.82) is 0 Å². The third-order valence-electron chi connectivity index (χ3n) is 2.74. The lowest BCUT2D eigenvalue weighted by atomic mass is 10.3. The lowest BCUT2D eigenvalue weighted by Crippen LogP contribution is -2.02. The molecule has 3 heterocycles. The summed E-state index contributed by atoms with van der Waals surface area (Å²) in [6.45, 7) is 0.550. The zero-order valence-electron chi connectivity index (χ0n) is 11.2. The molecule has 0 radical (unpaired) electrons. The minimum atomic E-state index is -0.128. The van der Waals surface area contributed by atoms with Crippen molar-refractivity contribution in [2.75, 3.05) is 5.75 Å². The van der Waals surface area contributed by atoms with Gasteiger partial charge in [0, 0.05) is 12.8 Å². The van der Waals surface area contributed by atoms with E-state index in [0.29, 0.717) is 23.8 Å². The Bertz CT molecular complexity index is 720. The molecule has 0 aliphatic carbocycles. The van der Waals surface area contributed by atoms with Gasteiger partial charge in [-0.15, -0.1) is 10.2 Å². The van der Waals surface area contributed by atoms with Crippen LogP contribution in [-0.2, 0) is 20.2 Å². The Kier molecular flexibility index (Phi) is 3.97. The first-order valence-electron chi connectivity index (χ1n) is 6.21. The molecule has 0 spiro atoms. The molecule has 0 atom stereocenters. The second kappa shape index (κ2) is 6.06. The third kappa shape index (κ3) is 3.11. The first-order valence-corrected chi connectivity index (χ1v) is 7.20. The van der Waals surface area contributed by atoms with Crippen LogP contribution in [-0.4, -0.2) is 46.1 Å². The summed E-state index contributed by atoms with van der Waals surface area (Å²) in [6, 6.07) is 3.48. The smallest absolute Gasteiger partial charge is 0.209 e. The maximum Gasteiger partial charge on any atom is 0.209 e. The van der Waals surface area contributed by atoms with Gasteiger partial charge in [-0.25, -0.2) is 4.68 Å². The lowest BCUT2D eigenvalue weighted by molar-refractivity contribution is 0.248. The number of hydrogen-bond acceptors (Lipinski definition) is 8. The Morgan fingerprint density at radius 1 is 1.29 bits per heavy atom. The fourth-order valence-electron chi connectivity index (χ4n) is 1.70. The molecule has 0 unspecified atom stereocenters. The van der Waals surface area contributed by atoms with Gasteiger partial charge in [0.1, 0.15) is 18.1 Å². The van der Waals surface area contributed by atoms with Crippen LogP contribution in [0, 0.1) is 0 Å². The second-order valence-electron chi connectivity index (χ2n) is 4.22. The van der Waals surface area contributed by atoms with Crippen molar-refractivity contribution in [2.24, 2.45) is 7.05 Å². The van der Waals surface area contributed by atoms with Crippen LogP contribution in [0.2, 0.25) is 0 Å². The van der Waals surface area contributed by atoms with E-state index in [0.717, 1.165) is 10.9 Å². The number of aliphatic hydroxyl groups excluding tert-OH is 1. The van der Waals surface area contributed by atoms with Gasteiger partial charge in [-0.1, -0.05) is 17.0 Å². The second-order valence-corrected chi connectivity index (χ2v) is 5.29. The van der Waals surface area contributed by atoms with Gasteiger partial charge in [-0.05, 0) is 22.6 Å². The number of aliphatic hydroxyl groups is 1. The van der Waals surface area contributed by atoms with E-state index in [-0.39, 0.29) is 6.61 Å². The zero-order valence-corrected chi connectivity index (χ0v) is 12.1. The summed E-state index contributed by atoms with van der Waals surface area (Å²) >= 11 is 1.54. The van der Waals surface area contributed by atoms with Gasteiger partial charge in [0.15, 0.2) is 5.76 Å². The van der Waals surface area contributed by atoms with Gasteiger partial charge in [0.05, 0.1) is 12.7 Å². The van der Waals surface area contributed by atoms with E-state index in [4.69, 9.17) is 9.52 Å². The van der Waals surface area contributed by atoms with Crippen molar-refractivity contribution in [2.45, 2.75) is 18.3 Å². The summed E-state index contributed by atoms with van der Waals surface area (Å²) in [5.74, 6) is 1.87. The molecule has 0 bridgehead atoms. The number of hydrogen-bond donors (Lipinski definition) is 1. The van der Waals surface area contributed by atoms with Gasteiger partial charge < -0.3 is 9.52 Å². The summed E-state index contributed by atoms with van der Waals surface area (Å²) < 4.78 is 8.76. The molecule has 0 aromatic carbocycles. The Morgan fingerprint density at radius 3 is 2.90 bits per heavy atom. The van der Waals surface area contributed by atoms with Crippen molar-refractivity contribution < 1.29 is 9.52 Å². The quantitative estimate of drug-likeness (QED) is 0.650. The molecular formula is C11H13N7O2S. The molecule has 0 amide bonds. The summed E-state index contributed by atoms with van der Waals surface area (Å²) in [6.07, 6.45) is 1.80. The minimum Gasteiger partial charge on any atom is -0.457 e. The first kappa shape index (κ1) is 13.8. The van der Waals surface area contributed by atoms with E-state index in [2.05, 4.69) is 25.8 Å². The molecule has 9 nitrogen and oxygen atoms in total. The molecule has 10 heteroatoms. The summed E-state index contributed by atoms with van der Waals surface area (Å²) in [7, 11) is 1.80. The van der Waals surface area contributed by atoms with Crippen LogP contribution in [0.1, 0.15) is 5.76 Å². The maximum absolute atomic E-state index is 8.98. The lowest BCUT2D eigenvalue weighted by Gasteiger charge is -1.99. The van der Waals surface area contributed by atoms with Gasteiger partial charge in [-0.2, -0.15) is 0 Å². The molecule has 0 fully saturated rings. The Hall–Kier alpha value is -2.20. The predicted molar refractivity (Wildman–Crippen MR) is 73.2 cm³/mol. The van der Waals surface area contributed by atoms with Gasteiger partial charge in [0.25, 0.3) is 0 Å². The average Bonchev–Trinajstić information content (AvgIpc) is 3.20. The predicted octanol–water partition coefficient (Wildman–Crippen LogP) is 0.346. The van der Waals surface area contributed by atoms with Crippen LogP contribution in [0.25, 0.3) is 11.5 Å². The molecule has 0 aliphatic rings. The highest BCUT2D eigenvalue weighted by Crippen LogP contribution is 2.20. The molecule has 21 heavy (non-hydrogen) atoms. The topological polar surface area (TPSA) is 108 Å². The van der Waals surface area contributed by atoms with Crippen LogP contribution < -0.4 is 0 Å². The molecule has 3 aromatic heterocycles. The summed E-state index contributed by atoms with van der Waals surface area (Å²) in [4.78, 5) is 0. The van der Waals surface area contributed by atoms with Crippen LogP contribution in [0.3, 0.4) is 0 Å². The summed E-state index contributed by atoms with van der Waals surface area (Å²) in [5, 5.41) is 29.1. The van der Waals surface area contributed by atoms with E-state index in [1.165, 1.54) is 0 Å². The molecular weight excluding hydrogens is 294 g/mol. The van der Waals surface area contributed by atoms with Gasteiger partial charge in [0.2, 0.25) is 5.16 Å². The summed E-state index contributed by atoms with van der Waals surface area (Å²) in [5.41, 5.74) is 0.639. The van der Waals surface area contributed by atoms with Crippen molar-refractivity contribution in [3.8, 4) is 11.5 Å². The highest BCUT2D eigenvalue weighted by atomic mass is 32.2. The largest absolute Gasteiger partial charge is 0.457 e. The van der Waals surface area contributed by atoms with Crippen LogP contribution >= 0.6 is 11.8 Å². The van der Waals surface area contributed by atoms with Crippen LogP contribution in [0.5, 0.6) is 0 Å².